The highest BCUT2D eigenvalue weighted by molar-refractivity contribution is 5.93. The van der Waals surface area contributed by atoms with Crippen molar-refractivity contribution in [2.45, 2.75) is 50.7 Å². The molecule has 0 heterocycles. The zero-order valence-electron chi connectivity index (χ0n) is 13.6. The summed E-state index contributed by atoms with van der Waals surface area (Å²) in [7, 11) is 0. The number of benzene rings is 1. The Morgan fingerprint density at radius 2 is 1.83 bits per heavy atom. The molecule has 4 saturated carbocycles. The summed E-state index contributed by atoms with van der Waals surface area (Å²) in [6, 6.07) is 5.76. The smallest absolute Gasteiger partial charge is 0.407 e. The van der Waals surface area contributed by atoms with Crippen LogP contribution in [0, 0.1) is 17.2 Å². The van der Waals surface area contributed by atoms with Crippen LogP contribution in [0.3, 0.4) is 0 Å². The minimum atomic E-state index is -0.327. The van der Waals surface area contributed by atoms with Crippen LogP contribution in [0.15, 0.2) is 24.3 Å². The van der Waals surface area contributed by atoms with E-state index in [9.17, 15) is 14.0 Å². The summed E-state index contributed by atoms with van der Waals surface area (Å²) >= 11 is 0. The first kappa shape index (κ1) is 15.4. The van der Waals surface area contributed by atoms with Crippen molar-refractivity contribution in [2.24, 2.45) is 11.3 Å². The molecular weight excluding hydrogens is 311 g/mol. The summed E-state index contributed by atoms with van der Waals surface area (Å²) < 4.78 is 18.1. The third-order valence-corrected chi connectivity index (χ3v) is 5.66. The van der Waals surface area contributed by atoms with Gasteiger partial charge in [0.05, 0.1) is 0 Å². The molecule has 2 amide bonds. The van der Waals surface area contributed by atoms with Gasteiger partial charge in [-0.3, -0.25) is 4.79 Å². The fourth-order valence-electron chi connectivity index (χ4n) is 4.10. The van der Waals surface area contributed by atoms with Crippen LogP contribution < -0.4 is 10.6 Å². The molecule has 0 saturated heterocycles. The van der Waals surface area contributed by atoms with Gasteiger partial charge in [-0.1, -0.05) is 6.92 Å². The largest absolute Gasteiger partial charge is 0.446 e. The number of amides is 2. The van der Waals surface area contributed by atoms with E-state index >= 15 is 0 Å². The predicted octanol–water partition coefficient (Wildman–Crippen LogP) is 3.21. The van der Waals surface area contributed by atoms with Crippen LogP contribution >= 0.6 is 0 Å². The fourth-order valence-corrected chi connectivity index (χ4v) is 4.10. The first-order valence-corrected chi connectivity index (χ1v) is 8.45. The standard InChI is InChI=1S/C18H21FN2O3/c1-11(15(22)20-13-4-2-12(19)3-5-13)17-8-18(9-17,10-17)21-16(23)24-14-6-7-14/h2-5,11,14H,6-10H2,1H3,(H,20,22)(H,21,23)/t11-,17?,18?/m1/s1. The zero-order valence-corrected chi connectivity index (χ0v) is 13.6. The summed E-state index contributed by atoms with van der Waals surface area (Å²) in [5, 5.41) is 5.81. The molecule has 128 valence electrons. The Bertz CT molecular complexity index is 664. The van der Waals surface area contributed by atoms with Gasteiger partial charge in [0, 0.05) is 17.1 Å². The third-order valence-electron chi connectivity index (χ3n) is 5.66. The second-order valence-corrected chi connectivity index (χ2v) is 7.62. The van der Waals surface area contributed by atoms with E-state index in [0.29, 0.717) is 5.69 Å². The SMILES string of the molecule is C[C@H](C(=O)Nc1ccc(F)cc1)C12CC(NC(=O)OC3CC3)(C1)C2. The number of hydrogen-bond donors (Lipinski definition) is 2. The quantitative estimate of drug-likeness (QED) is 0.870. The van der Waals surface area contributed by atoms with Gasteiger partial charge in [-0.05, 0) is 61.8 Å². The number of halogens is 1. The number of alkyl carbamates (subject to hydrolysis) is 1. The van der Waals surface area contributed by atoms with Gasteiger partial charge in [0.25, 0.3) is 0 Å². The van der Waals surface area contributed by atoms with Crippen molar-refractivity contribution in [2.75, 3.05) is 5.32 Å². The minimum absolute atomic E-state index is 0.0308. The van der Waals surface area contributed by atoms with Crippen LogP contribution in [-0.2, 0) is 9.53 Å². The van der Waals surface area contributed by atoms with Crippen molar-refractivity contribution >= 4 is 17.7 Å². The molecule has 1 aromatic rings. The van der Waals surface area contributed by atoms with Gasteiger partial charge in [-0.15, -0.1) is 0 Å². The molecular formula is C18H21FN2O3. The molecule has 4 aliphatic rings. The topological polar surface area (TPSA) is 67.4 Å². The van der Waals surface area contributed by atoms with Gasteiger partial charge in [-0.25, -0.2) is 9.18 Å². The maximum Gasteiger partial charge on any atom is 0.407 e. The summed E-state index contributed by atoms with van der Waals surface area (Å²) in [4.78, 5) is 24.2. The third kappa shape index (κ3) is 2.64. The second-order valence-electron chi connectivity index (χ2n) is 7.62. The Hall–Kier alpha value is -2.11. The molecule has 24 heavy (non-hydrogen) atoms. The average Bonchev–Trinajstić information content (AvgIpc) is 3.27. The van der Waals surface area contributed by atoms with Gasteiger partial charge in [0.1, 0.15) is 11.9 Å². The van der Waals surface area contributed by atoms with Gasteiger partial charge < -0.3 is 15.4 Å². The number of hydrogen-bond acceptors (Lipinski definition) is 3. The van der Waals surface area contributed by atoms with E-state index in [0.717, 1.165) is 32.1 Å². The molecule has 2 N–H and O–H groups in total. The fraction of sp³-hybridized carbons (Fsp3) is 0.556. The highest BCUT2D eigenvalue weighted by atomic mass is 19.1. The number of carbonyl (C=O) groups is 2. The predicted molar refractivity (Wildman–Crippen MR) is 85.8 cm³/mol. The molecule has 5 rings (SSSR count). The Labute approximate surface area is 139 Å². The summed E-state index contributed by atoms with van der Waals surface area (Å²) in [6.07, 6.45) is 4.16. The van der Waals surface area contributed by atoms with Gasteiger partial charge in [0.2, 0.25) is 5.91 Å². The van der Waals surface area contributed by atoms with E-state index in [1.165, 1.54) is 12.1 Å². The van der Waals surface area contributed by atoms with Crippen LogP contribution in [0.1, 0.15) is 39.0 Å². The van der Waals surface area contributed by atoms with Gasteiger partial charge in [-0.2, -0.15) is 0 Å². The van der Waals surface area contributed by atoms with E-state index in [4.69, 9.17) is 4.74 Å². The van der Waals surface area contributed by atoms with Crippen molar-refractivity contribution in [3.05, 3.63) is 30.1 Å². The van der Waals surface area contributed by atoms with Crippen molar-refractivity contribution in [1.82, 2.24) is 5.32 Å². The molecule has 6 heteroatoms. The van der Waals surface area contributed by atoms with Crippen molar-refractivity contribution in [3.63, 3.8) is 0 Å². The number of rotatable bonds is 5. The van der Waals surface area contributed by atoms with E-state index in [-0.39, 0.29) is 40.8 Å². The molecule has 0 unspecified atom stereocenters. The Morgan fingerprint density at radius 1 is 1.21 bits per heavy atom. The highest BCUT2D eigenvalue weighted by Gasteiger charge is 2.71. The molecule has 2 bridgehead atoms. The van der Waals surface area contributed by atoms with E-state index in [1.807, 2.05) is 6.92 Å². The number of ether oxygens (including phenoxy) is 1. The zero-order chi connectivity index (χ0) is 16.9. The van der Waals surface area contributed by atoms with Crippen LogP contribution in [0.2, 0.25) is 0 Å². The maximum atomic E-state index is 12.9. The van der Waals surface area contributed by atoms with Crippen molar-refractivity contribution in [3.8, 4) is 0 Å². The highest BCUT2D eigenvalue weighted by Crippen LogP contribution is 2.70. The Kier molecular flexibility index (Phi) is 3.34. The average molecular weight is 332 g/mol. The van der Waals surface area contributed by atoms with Crippen LogP contribution in [0.25, 0.3) is 0 Å². The van der Waals surface area contributed by atoms with Crippen molar-refractivity contribution in [1.29, 1.82) is 0 Å². The normalized spacial score (nSPS) is 31.2. The molecule has 5 nitrogen and oxygen atoms in total. The maximum absolute atomic E-state index is 12.9. The summed E-state index contributed by atoms with van der Waals surface area (Å²) in [5.41, 5.74) is 0.397. The molecule has 0 spiro atoms. The molecule has 1 aromatic carbocycles. The van der Waals surface area contributed by atoms with E-state index in [1.54, 1.807) is 12.1 Å². The lowest BCUT2D eigenvalue weighted by Gasteiger charge is -2.72. The van der Waals surface area contributed by atoms with Gasteiger partial charge in [0.15, 0.2) is 0 Å². The molecule has 1 atom stereocenters. The Balaban J connectivity index is 1.29. The molecule has 0 aliphatic heterocycles. The summed E-state index contributed by atoms with van der Waals surface area (Å²) in [5.74, 6) is -0.535. The second kappa shape index (κ2) is 5.19. The van der Waals surface area contributed by atoms with E-state index in [2.05, 4.69) is 10.6 Å². The lowest BCUT2D eigenvalue weighted by molar-refractivity contribution is -0.185. The van der Waals surface area contributed by atoms with Gasteiger partial charge >= 0.3 is 6.09 Å². The lowest BCUT2D eigenvalue weighted by Crippen LogP contribution is -2.77. The number of anilines is 1. The monoisotopic (exact) mass is 332 g/mol. The molecule has 0 aromatic heterocycles. The molecule has 4 aliphatic carbocycles. The first-order chi connectivity index (χ1) is 11.4. The molecule has 0 radical (unpaired) electrons. The number of carbonyl (C=O) groups excluding carboxylic acids is 2. The van der Waals surface area contributed by atoms with Crippen LogP contribution in [-0.4, -0.2) is 23.6 Å². The lowest BCUT2D eigenvalue weighted by atomic mass is 9.36. The van der Waals surface area contributed by atoms with Crippen LogP contribution in [0.4, 0.5) is 14.9 Å². The Morgan fingerprint density at radius 3 is 2.42 bits per heavy atom. The first-order valence-electron chi connectivity index (χ1n) is 8.45. The van der Waals surface area contributed by atoms with E-state index < -0.39 is 0 Å². The van der Waals surface area contributed by atoms with Crippen molar-refractivity contribution < 1.29 is 18.7 Å². The molecule has 4 fully saturated rings. The minimum Gasteiger partial charge on any atom is -0.446 e. The van der Waals surface area contributed by atoms with Crippen LogP contribution in [0.5, 0.6) is 0 Å². The summed E-state index contributed by atoms with van der Waals surface area (Å²) in [6.45, 7) is 1.92. The number of nitrogens with one attached hydrogen (secondary N) is 2.